The van der Waals surface area contributed by atoms with E-state index in [4.69, 9.17) is 0 Å². The molecule has 2 aromatic rings. The van der Waals surface area contributed by atoms with Crippen molar-refractivity contribution in [2.75, 3.05) is 23.3 Å². The van der Waals surface area contributed by atoms with Crippen molar-refractivity contribution in [3.8, 4) is 0 Å². The van der Waals surface area contributed by atoms with Crippen LogP contribution in [0.25, 0.3) is 0 Å². The zero-order valence-electron chi connectivity index (χ0n) is 14.0. The van der Waals surface area contributed by atoms with Gasteiger partial charge in [-0.1, -0.05) is 13.8 Å². The molecule has 0 saturated heterocycles. The lowest BCUT2D eigenvalue weighted by molar-refractivity contribution is 0.101. The Bertz CT molecular complexity index is 634. The van der Waals surface area contributed by atoms with Gasteiger partial charge in [0, 0.05) is 30.5 Å². The molecule has 0 bridgehead atoms. The van der Waals surface area contributed by atoms with E-state index in [1.165, 1.54) is 0 Å². The van der Waals surface area contributed by atoms with Gasteiger partial charge in [-0.2, -0.15) is 4.98 Å². The number of carbonyl (C=O) groups is 1. The molecule has 1 aromatic carbocycles. The van der Waals surface area contributed by atoms with Crippen LogP contribution in [0.1, 0.15) is 44.0 Å². The molecule has 0 spiro atoms. The van der Waals surface area contributed by atoms with E-state index in [1.54, 1.807) is 25.3 Å². The van der Waals surface area contributed by atoms with Crippen molar-refractivity contribution >= 4 is 23.2 Å². The van der Waals surface area contributed by atoms with Gasteiger partial charge in [-0.3, -0.25) is 4.79 Å². The fourth-order valence-electron chi connectivity index (χ4n) is 2.38. The van der Waals surface area contributed by atoms with E-state index in [9.17, 15) is 4.79 Å². The van der Waals surface area contributed by atoms with Crippen LogP contribution in [0.4, 0.5) is 17.5 Å². The molecular formula is C18H24N4O. The summed E-state index contributed by atoms with van der Waals surface area (Å²) in [6.07, 6.45) is 3.94. The number of anilines is 3. The van der Waals surface area contributed by atoms with Crippen molar-refractivity contribution in [3.63, 3.8) is 0 Å². The minimum Gasteiger partial charge on any atom is -0.356 e. The Morgan fingerprint density at radius 2 is 1.74 bits per heavy atom. The molecule has 1 aromatic heterocycles. The molecule has 122 valence electrons. The number of nitrogens with one attached hydrogen (secondary N) is 1. The maximum atomic E-state index is 11.3. The summed E-state index contributed by atoms with van der Waals surface area (Å²) in [6.45, 7) is 7.86. The third kappa shape index (κ3) is 4.77. The van der Waals surface area contributed by atoms with Crippen LogP contribution in [0.2, 0.25) is 0 Å². The maximum absolute atomic E-state index is 11.3. The van der Waals surface area contributed by atoms with Crippen molar-refractivity contribution in [3.05, 3.63) is 42.1 Å². The van der Waals surface area contributed by atoms with E-state index in [0.29, 0.717) is 11.5 Å². The Balaban J connectivity index is 2.14. The maximum Gasteiger partial charge on any atom is 0.229 e. The number of hydrogen-bond donors (Lipinski definition) is 1. The van der Waals surface area contributed by atoms with Crippen LogP contribution in [0.3, 0.4) is 0 Å². The second-order valence-electron chi connectivity index (χ2n) is 5.48. The van der Waals surface area contributed by atoms with Crippen LogP contribution in [-0.2, 0) is 0 Å². The molecule has 1 heterocycles. The lowest BCUT2D eigenvalue weighted by atomic mass is 10.1. The first-order valence-corrected chi connectivity index (χ1v) is 8.10. The van der Waals surface area contributed by atoms with Gasteiger partial charge < -0.3 is 10.2 Å². The van der Waals surface area contributed by atoms with Gasteiger partial charge in [0.25, 0.3) is 0 Å². The second-order valence-corrected chi connectivity index (χ2v) is 5.48. The monoisotopic (exact) mass is 312 g/mol. The van der Waals surface area contributed by atoms with E-state index in [2.05, 4.69) is 34.0 Å². The molecule has 0 aliphatic carbocycles. The molecule has 2 rings (SSSR count). The van der Waals surface area contributed by atoms with Crippen LogP contribution >= 0.6 is 0 Å². The van der Waals surface area contributed by atoms with Crippen LogP contribution < -0.4 is 10.2 Å². The summed E-state index contributed by atoms with van der Waals surface area (Å²) in [4.78, 5) is 22.5. The first-order chi connectivity index (χ1) is 11.1. The van der Waals surface area contributed by atoms with Crippen LogP contribution in [0, 0.1) is 0 Å². The van der Waals surface area contributed by atoms with Crippen molar-refractivity contribution < 1.29 is 4.79 Å². The quantitative estimate of drug-likeness (QED) is 0.745. The van der Waals surface area contributed by atoms with E-state index in [1.807, 2.05) is 18.2 Å². The van der Waals surface area contributed by atoms with Crippen molar-refractivity contribution in [1.29, 1.82) is 0 Å². The number of nitrogens with zero attached hydrogens (tertiary/aromatic N) is 3. The molecule has 0 atom stereocenters. The lowest BCUT2D eigenvalue weighted by Gasteiger charge is -2.22. The molecule has 5 heteroatoms. The first-order valence-electron chi connectivity index (χ1n) is 8.10. The van der Waals surface area contributed by atoms with Crippen molar-refractivity contribution in [2.45, 2.75) is 33.6 Å². The molecule has 1 N–H and O–H groups in total. The average Bonchev–Trinajstić information content (AvgIpc) is 2.55. The van der Waals surface area contributed by atoms with Gasteiger partial charge in [0.2, 0.25) is 5.95 Å². The fourth-order valence-corrected chi connectivity index (χ4v) is 2.38. The summed E-state index contributed by atoms with van der Waals surface area (Å²) in [5.41, 5.74) is 1.56. The van der Waals surface area contributed by atoms with Crippen LogP contribution in [-0.4, -0.2) is 28.8 Å². The molecular weight excluding hydrogens is 288 g/mol. The first kappa shape index (κ1) is 16.9. The van der Waals surface area contributed by atoms with Crippen LogP contribution in [0.5, 0.6) is 0 Å². The van der Waals surface area contributed by atoms with Gasteiger partial charge in [-0.05, 0) is 50.1 Å². The smallest absolute Gasteiger partial charge is 0.229 e. The standard InChI is InChI=1S/C18H24N4O/c1-4-12-22(13-5-2)17-10-11-19-18(21-17)20-16-8-6-15(7-9-16)14(3)23/h6-11H,4-5,12-13H2,1-3H3,(H,19,20,21). The number of benzene rings is 1. The predicted molar refractivity (Wildman–Crippen MR) is 94.6 cm³/mol. The molecule has 23 heavy (non-hydrogen) atoms. The third-order valence-electron chi connectivity index (χ3n) is 3.50. The Kier molecular flexibility index (Phi) is 6.09. The SMILES string of the molecule is CCCN(CCC)c1ccnc(Nc2ccc(C(C)=O)cc2)n1. The van der Waals surface area contributed by atoms with E-state index in [-0.39, 0.29) is 5.78 Å². The third-order valence-corrected chi connectivity index (χ3v) is 3.50. The molecule has 0 aliphatic rings. The van der Waals surface area contributed by atoms with Crippen molar-refractivity contribution in [1.82, 2.24) is 9.97 Å². The highest BCUT2D eigenvalue weighted by Gasteiger charge is 2.08. The zero-order valence-corrected chi connectivity index (χ0v) is 14.0. The molecule has 5 nitrogen and oxygen atoms in total. The van der Waals surface area contributed by atoms with E-state index >= 15 is 0 Å². The van der Waals surface area contributed by atoms with Gasteiger partial charge in [0.1, 0.15) is 5.82 Å². The topological polar surface area (TPSA) is 58.1 Å². The minimum absolute atomic E-state index is 0.0598. The lowest BCUT2D eigenvalue weighted by Crippen LogP contribution is -2.26. The average molecular weight is 312 g/mol. The number of rotatable bonds is 8. The number of aromatic nitrogens is 2. The summed E-state index contributed by atoms with van der Waals surface area (Å²) < 4.78 is 0. The van der Waals surface area contributed by atoms with Gasteiger partial charge in [0.05, 0.1) is 0 Å². The highest BCUT2D eigenvalue weighted by molar-refractivity contribution is 5.94. The fraction of sp³-hybridized carbons (Fsp3) is 0.389. The molecule has 0 unspecified atom stereocenters. The van der Waals surface area contributed by atoms with E-state index in [0.717, 1.165) is 37.4 Å². The number of hydrogen-bond acceptors (Lipinski definition) is 5. The van der Waals surface area contributed by atoms with Gasteiger partial charge in [-0.15, -0.1) is 0 Å². The number of ketones is 1. The van der Waals surface area contributed by atoms with Gasteiger partial charge >= 0.3 is 0 Å². The molecule has 0 saturated carbocycles. The summed E-state index contributed by atoms with van der Waals surface area (Å²) in [5, 5.41) is 3.19. The highest BCUT2D eigenvalue weighted by Crippen LogP contribution is 2.17. The highest BCUT2D eigenvalue weighted by atomic mass is 16.1. The van der Waals surface area contributed by atoms with Crippen molar-refractivity contribution in [2.24, 2.45) is 0 Å². The predicted octanol–water partition coefficient (Wildman–Crippen LogP) is 4.05. The largest absolute Gasteiger partial charge is 0.356 e. The Labute approximate surface area is 137 Å². The Morgan fingerprint density at radius 3 is 2.30 bits per heavy atom. The number of Topliss-reactive ketones (excluding diaryl/α,β-unsaturated/α-hetero) is 1. The molecule has 0 fully saturated rings. The van der Waals surface area contributed by atoms with Gasteiger partial charge in [0.15, 0.2) is 5.78 Å². The number of carbonyl (C=O) groups excluding carboxylic acids is 1. The molecule has 0 aliphatic heterocycles. The van der Waals surface area contributed by atoms with E-state index < -0.39 is 0 Å². The zero-order chi connectivity index (χ0) is 16.7. The van der Waals surface area contributed by atoms with Crippen LogP contribution in [0.15, 0.2) is 36.5 Å². The molecule has 0 radical (unpaired) electrons. The summed E-state index contributed by atoms with van der Waals surface area (Å²) in [6, 6.07) is 9.27. The summed E-state index contributed by atoms with van der Waals surface area (Å²) >= 11 is 0. The second kappa shape index (κ2) is 8.27. The summed E-state index contributed by atoms with van der Waals surface area (Å²) in [5.74, 6) is 1.56. The normalized spacial score (nSPS) is 10.4. The Hall–Kier alpha value is -2.43. The molecule has 0 amide bonds. The summed E-state index contributed by atoms with van der Waals surface area (Å²) in [7, 11) is 0. The Morgan fingerprint density at radius 1 is 1.09 bits per heavy atom. The van der Waals surface area contributed by atoms with Gasteiger partial charge in [-0.25, -0.2) is 4.98 Å². The minimum atomic E-state index is 0.0598.